The van der Waals surface area contributed by atoms with Crippen molar-refractivity contribution in [2.75, 3.05) is 0 Å². The third-order valence-electron chi connectivity index (χ3n) is 0.730. The fraction of sp³-hybridized carbons (Fsp3) is 1.00. The SMILES string of the molecule is O=S(=O)(O)C(S(=O)(=O)O)S(=O)(=O)O.[Ba+2]. The van der Waals surface area contributed by atoms with Gasteiger partial charge in [0, 0.05) is 0 Å². The monoisotopic (exact) mass is 394 g/mol. The van der Waals surface area contributed by atoms with Gasteiger partial charge in [-0.1, -0.05) is 0 Å². The first-order valence-corrected chi connectivity index (χ1v) is 6.76. The molecule has 13 heteroatoms. The van der Waals surface area contributed by atoms with Crippen molar-refractivity contribution >= 4 is 79.2 Å². The Balaban J connectivity index is 0. The molecule has 0 aliphatic heterocycles. The van der Waals surface area contributed by atoms with Crippen LogP contribution in [0, 0.1) is 0 Å². The summed E-state index contributed by atoms with van der Waals surface area (Å²) in [6.07, 6.45) is 0. The first kappa shape index (κ1) is 17.7. The van der Waals surface area contributed by atoms with Crippen LogP contribution in [-0.4, -0.2) is 91.7 Å². The van der Waals surface area contributed by atoms with Gasteiger partial charge >= 0.3 is 83.1 Å². The molecule has 9 nitrogen and oxygen atoms in total. The summed E-state index contributed by atoms with van der Waals surface area (Å²) in [6, 6.07) is 0. The topological polar surface area (TPSA) is 163 Å². The second-order valence-corrected chi connectivity index (χ2v) is 7.23. The average molecular weight is 394 g/mol. The van der Waals surface area contributed by atoms with Gasteiger partial charge in [0.05, 0.1) is 0 Å². The molecule has 0 rings (SSSR count). The summed E-state index contributed by atoms with van der Waals surface area (Å²) in [5.41, 5.74) is 0. The third kappa shape index (κ3) is 5.40. The normalized spacial score (nSPS) is 13.7. The molecule has 0 aliphatic carbocycles. The summed E-state index contributed by atoms with van der Waals surface area (Å²) in [5.74, 6) is 0. The van der Waals surface area contributed by atoms with Gasteiger partial charge in [-0.25, -0.2) is 0 Å². The molecule has 3 N–H and O–H groups in total. The molecule has 0 fully saturated rings. The molecule has 0 aromatic heterocycles. The maximum Gasteiger partial charge on any atom is 2.00 e. The van der Waals surface area contributed by atoms with E-state index in [-0.39, 0.29) is 48.9 Å². The van der Waals surface area contributed by atoms with Crippen LogP contribution in [0.5, 0.6) is 0 Å². The van der Waals surface area contributed by atoms with Gasteiger partial charge in [-0.15, -0.1) is 0 Å². The van der Waals surface area contributed by atoms with Crippen LogP contribution in [0.4, 0.5) is 0 Å². The van der Waals surface area contributed by atoms with E-state index < -0.39 is 34.3 Å². The minimum absolute atomic E-state index is 0. The molecule has 0 bridgehead atoms. The van der Waals surface area contributed by atoms with Crippen molar-refractivity contribution in [2.24, 2.45) is 0 Å². The van der Waals surface area contributed by atoms with Gasteiger partial charge in [-0.3, -0.25) is 13.7 Å². The van der Waals surface area contributed by atoms with E-state index in [9.17, 15) is 25.3 Å². The van der Waals surface area contributed by atoms with Gasteiger partial charge in [-0.2, -0.15) is 25.3 Å². The van der Waals surface area contributed by atoms with Gasteiger partial charge in [0.2, 0.25) is 0 Å². The van der Waals surface area contributed by atoms with Crippen molar-refractivity contribution in [2.45, 2.75) is 3.91 Å². The largest absolute Gasteiger partial charge is 2.00 e. The molecule has 80 valence electrons. The Bertz CT molecular complexity index is 402. The first-order chi connectivity index (χ1) is 5.37. The molecular formula is CH4BaO9S3+2. The van der Waals surface area contributed by atoms with Gasteiger partial charge in [0.15, 0.2) is 0 Å². The van der Waals surface area contributed by atoms with E-state index in [0.717, 1.165) is 0 Å². The quantitative estimate of drug-likeness (QED) is 0.349. The van der Waals surface area contributed by atoms with Gasteiger partial charge in [0.25, 0.3) is 0 Å². The molecule has 0 saturated carbocycles. The van der Waals surface area contributed by atoms with Crippen LogP contribution in [0.15, 0.2) is 0 Å². The molecule has 0 spiro atoms. The number of rotatable bonds is 3. The zero-order valence-electron chi connectivity index (χ0n) is 6.30. The predicted molar refractivity (Wildman–Crippen MR) is 44.2 cm³/mol. The molecule has 0 saturated heterocycles. The fourth-order valence-electron chi connectivity index (χ4n) is 0.461. The number of hydrogen-bond donors (Lipinski definition) is 3. The third-order valence-corrected chi connectivity index (χ3v) is 6.57. The van der Waals surface area contributed by atoms with Crippen molar-refractivity contribution in [1.82, 2.24) is 0 Å². The van der Waals surface area contributed by atoms with Crippen LogP contribution in [0.25, 0.3) is 0 Å². The molecule has 0 aliphatic rings. The average Bonchev–Trinajstić information content (AvgIpc) is 1.44. The molecule has 0 amide bonds. The van der Waals surface area contributed by atoms with Gasteiger partial charge < -0.3 is 0 Å². The molecular weight excluding hydrogens is 390 g/mol. The van der Waals surface area contributed by atoms with E-state index in [1.54, 1.807) is 0 Å². The van der Waals surface area contributed by atoms with Crippen LogP contribution in [0.2, 0.25) is 0 Å². The Morgan fingerprint density at radius 3 is 0.786 bits per heavy atom. The summed E-state index contributed by atoms with van der Waals surface area (Å²) >= 11 is 0. The van der Waals surface area contributed by atoms with E-state index in [0.29, 0.717) is 0 Å². The predicted octanol–water partition coefficient (Wildman–Crippen LogP) is -2.45. The van der Waals surface area contributed by atoms with Crippen molar-refractivity contribution in [3.8, 4) is 0 Å². The smallest absolute Gasteiger partial charge is 0.284 e. The fourth-order valence-corrected chi connectivity index (χ4v) is 4.15. The van der Waals surface area contributed by atoms with E-state index in [1.807, 2.05) is 0 Å². The molecule has 0 aromatic rings. The summed E-state index contributed by atoms with van der Waals surface area (Å²) in [6.45, 7) is 0. The maximum absolute atomic E-state index is 10.1. The van der Waals surface area contributed by atoms with Crippen molar-refractivity contribution in [1.29, 1.82) is 0 Å². The Morgan fingerprint density at radius 1 is 0.643 bits per heavy atom. The Hall–Kier alpha value is 1.30. The van der Waals surface area contributed by atoms with Crippen LogP contribution in [0.3, 0.4) is 0 Å². The van der Waals surface area contributed by atoms with Crippen LogP contribution >= 0.6 is 0 Å². The number of hydrogen-bond acceptors (Lipinski definition) is 6. The van der Waals surface area contributed by atoms with E-state index in [2.05, 4.69) is 0 Å². The van der Waals surface area contributed by atoms with Crippen LogP contribution < -0.4 is 0 Å². The first-order valence-electron chi connectivity index (χ1n) is 2.25. The summed E-state index contributed by atoms with van der Waals surface area (Å²) in [4.78, 5) is 0. The Labute approximate surface area is 120 Å². The Kier molecular flexibility index (Phi) is 6.43. The van der Waals surface area contributed by atoms with Gasteiger partial charge in [0.1, 0.15) is 0 Å². The van der Waals surface area contributed by atoms with E-state index >= 15 is 0 Å². The summed E-state index contributed by atoms with van der Waals surface area (Å²) < 4.78 is 81.1. The van der Waals surface area contributed by atoms with Gasteiger partial charge in [-0.05, 0) is 0 Å². The second kappa shape index (κ2) is 5.09. The zero-order chi connectivity index (χ0) is 11.1. The van der Waals surface area contributed by atoms with Crippen molar-refractivity contribution < 1.29 is 38.9 Å². The summed E-state index contributed by atoms with van der Waals surface area (Å²) in [5, 5.41) is 0. The maximum atomic E-state index is 10.1. The minimum Gasteiger partial charge on any atom is -0.284 e. The second-order valence-electron chi connectivity index (χ2n) is 1.83. The van der Waals surface area contributed by atoms with Crippen LogP contribution in [-0.2, 0) is 30.4 Å². The van der Waals surface area contributed by atoms with Crippen molar-refractivity contribution in [3.05, 3.63) is 0 Å². The van der Waals surface area contributed by atoms with E-state index in [1.165, 1.54) is 0 Å². The zero-order valence-corrected chi connectivity index (χ0v) is 13.2. The molecule has 14 heavy (non-hydrogen) atoms. The molecule has 0 atom stereocenters. The molecule has 0 heterocycles. The standard InChI is InChI=1S/CH4O9S3.Ba/c2-11(3,4)1(12(5,6)7)13(8,9)10;/h1H,(H,2,3,4)(H,5,6,7)(H,8,9,10);/q;+2. The Morgan fingerprint density at radius 2 is 0.786 bits per heavy atom. The molecule has 0 unspecified atom stereocenters. The minimum atomic E-state index is -5.66. The van der Waals surface area contributed by atoms with Crippen LogP contribution in [0.1, 0.15) is 0 Å². The summed E-state index contributed by atoms with van der Waals surface area (Å²) in [7, 11) is -17.0. The molecule has 0 radical (unpaired) electrons. The molecule has 0 aromatic carbocycles. The van der Waals surface area contributed by atoms with E-state index in [4.69, 9.17) is 13.7 Å². The van der Waals surface area contributed by atoms with Crippen molar-refractivity contribution in [3.63, 3.8) is 0 Å².